The van der Waals surface area contributed by atoms with E-state index in [0.717, 1.165) is 14.8 Å². The molecule has 0 atom stereocenters. The van der Waals surface area contributed by atoms with Crippen LogP contribution >= 0.6 is 22.6 Å². The van der Waals surface area contributed by atoms with Crippen molar-refractivity contribution in [2.45, 2.75) is 13.3 Å². The Bertz CT molecular complexity index is 683. The molecular formula is C15H13IN3O2. The lowest BCUT2D eigenvalue weighted by molar-refractivity contribution is -0.116. The Morgan fingerprint density at radius 1 is 1.52 bits per heavy atom. The number of carbonyl (C=O) groups excluding carboxylic acids is 2. The van der Waals surface area contributed by atoms with Gasteiger partial charge in [-0.15, -0.1) is 0 Å². The zero-order valence-electron chi connectivity index (χ0n) is 11.4. The molecule has 2 aliphatic heterocycles. The Morgan fingerprint density at radius 3 is 3.10 bits per heavy atom. The van der Waals surface area contributed by atoms with Crippen molar-refractivity contribution in [3.8, 4) is 0 Å². The van der Waals surface area contributed by atoms with E-state index in [9.17, 15) is 9.59 Å². The van der Waals surface area contributed by atoms with Crippen molar-refractivity contribution in [3.05, 3.63) is 51.4 Å². The van der Waals surface area contributed by atoms with Crippen molar-refractivity contribution >= 4 is 40.1 Å². The summed E-state index contributed by atoms with van der Waals surface area (Å²) >= 11 is 2.06. The van der Waals surface area contributed by atoms with E-state index in [1.54, 1.807) is 25.6 Å². The number of rotatable bonds is 2. The van der Waals surface area contributed by atoms with Crippen LogP contribution in [0.5, 0.6) is 0 Å². The molecule has 0 spiro atoms. The normalized spacial score (nSPS) is 20.4. The number of nitrogens with one attached hydrogen (secondary N) is 1. The molecule has 0 fully saturated rings. The minimum Gasteiger partial charge on any atom is -0.347 e. The van der Waals surface area contributed by atoms with E-state index in [0.29, 0.717) is 24.4 Å². The summed E-state index contributed by atoms with van der Waals surface area (Å²) < 4.78 is 0.736. The van der Waals surface area contributed by atoms with E-state index in [-0.39, 0.29) is 11.7 Å². The molecule has 1 aliphatic carbocycles. The topological polar surface area (TPSA) is 61.8 Å². The third-order valence-corrected chi connectivity index (χ3v) is 4.38. The van der Waals surface area contributed by atoms with Crippen molar-refractivity contribution in [1.82, 2.24) is 10.2 Å². The maximum atomic E-state index is 12.2. The quantitative estimate of drug-likeness (QED) is 0.729. The lowest BCUT2D eigenvalue weighted by Crippen LogP contribution is -2.40. The van der Waals surface area contributed by atoms with Crippen LogP contribution in [0.4, 0.5) is 0 Å². The van der Waals surface area contributed by atoms with Crippen LogP contribution in [0.1, 0.15) is 13.3 Å². The molecule has 1 radical (unpaired) electrons. The maximum absolute atomic E-state index is 12.2. The molecule has 5 nitrogen and oxygen atoms in total. The zero-order chi connectivity index (χ0) is 15.0. The van der Waals surface area contributed by atoms with Gasteiger partial charge in [0.15, 0.2) is 5.78 Å². The number of ketones is 1. The molecule has 0 unspecified atom stereocenters. The number of amidine groups is 1. The third-order valence-electron chi connectivity index (χ3n) is 3.45. The van der Waals surface area contributed by atoms with E-state index >= 15 is 0 Å². The first-order chi connectivity index (χ1) is 10.1. The van der Waals surface area contributed by atoms with E-state index in [2.05, 4.69) is 32.9 Å². The van der Waals surface area contributed by atoms with E-state index < -0.39 is 0 Å². The summed E-state index contributed by atoms with van der Waals surface area (Å²) in [5.74, 6) is 0.450. The van der Waals surface area contributed by atoms with Crippen LogP contribution in [-0.2, 0) is 9.59 Å². The number of hydrogen-bond donors (Lipinski definition) is 1. The predicted octanol–water partition coefficient (Wildman–Crippen LogP) is 2.00. The van der Waals surface area contributed by atoms with Crippen LogP contribution in [0.3, 0.4) is 0 Å². The third kappa shape index (κ3) is 2.48. The number of fused-ring (bicyclic) bond motifs is 1. The highest BCUT2D eigenvalue weighted by atomic mass is 127. The fourth-order valence-electron chi connectivity index (χ4n) is 2.43. The monoisotopic (exact) mass is 394 g/mol. The molecule has 107 valence electrons. The van der Waals surface area contributed by atoms with Crippen molar-refractivity contribution < 1.29 is 9.59 Å². The van der Waals surface area contributed by atoms with Crippen LogP contribution in [-0.4, -0.2) is 29.0 Å². The fourth-order valence-corrected chi connectivity index (χ4v) is 2.98. The maximum Gasteiger partial charge on any atom is 0.255 e. The molecular weight excluding hydrogens is 381 g/mol. The van der Waals surface area contributed by atoms with Gasteiger partial charge in [-0.05, 0) is 41.7 Å². The SMILES string of the molecule is C[CH]NC(=O)C1=CC=CN2CC3=C(CC=C(I)C3=O)N=C12. The molecule has 2 heterocycles. The zero-order valence-corrected chi connectivity index (χ0v) is 13.5. The first kappa shape index (κ1) is 14.2. The standard InChI is InChI=1S/C15H13IN3O2/c1-2-17-15(21)9-4-3-7-19-8-10-12(18-14(9)19)6-5-11(16)13(10)20/h2-5,7H,6,8H2,1H3,(H,17,21). The molecule has 1 amide bonds. The van der Waals surface area contributed by atoms with Gasteiger partial charge in [-0.2, -0.15) is 0 Å². The average molecular weight is 394 g/mol. The number of aliphatic imine (C=N–C) groups is 1. The summed E-state index contributed by atoms with van der Waals surface area (Å²) in [6.45, 7) is 3.81. The fraction of sp³-hybridized carbons (Fsp3) is 0.200. The van der Waals surface area contributed by atoms with Gasteiger partial charge in [0, 0.05) is 24.7 Å². The summed E-state index contributed by atoms with van der Waals surface area (Å²) in [6.07, 6.45) is 7.89. The second-order valence-electron chi connectivity index (χ2n) is 4.76. The predicted molar refractivity (Wildman–Crippen MR) is 88.2 cm³/mol. The first-order valence-electron chi connectivity index (χ1n) is 6.57. The Hall–Kier alpha value is -1.70. The number of carbonyl (C=O) groups is 2. The van der Waals surface area contributed by atoms with E-state index in [4.69, 9.17) is 0 Å². The van der Waals surface area contributed by atoms with Gasteiger partial charge in [-0.3, -0.25) is 9.59 Å². The first-order valence-corrected chi connectivity index (χ1v) is 7.65. The van der Waals surface area contributed by atoms with Gasteiger partial charge in [0.25, 0.3) is 5.91 Å². The highest BCUT2D eigenvalue weighted by Crippen LogP contribution is 2.31. The summed E-state index contributed by atoms with van der Waals surface area (Å²) in [5.41, 5.74) is 2.00. The minimum absolute atomic E-state index is 0.0375. The molecule has 6 heteroatoms. The molecule has 0 aromatic rings. The Labute approximate surface area is 136 Å². The van der Waals surface area contributed by atoms with Gasteiger partial charge in [-0.1, -0.05) is 6.08 Å². The minimum atomic E-state index is -0.193. The molecule has 0 saturated carbocycles. The van der Waals surface area contributed by atoms with Gasteiger partial charge < -0.3 is 10.2 Å². The van der Waals surface area contributed by atoms with Crippen LogP contribution in [0.2, 0.25) is 0 Å². The average Bonchev–Trinajstić information content (AvgIpc) is 2.49. The summed E-state index contributed by atoms with van der Waals surface area (Å²) in [7, 11) is 0. The van der Waals surface area contributed by atoms with Crippen molar-refractivity contribution in [3.63, 3.8) is 0 Å². The largest absolute Gasteiger partial charge is 0.347 e. The number of Topliss-reactive ketones (excluding diaryl/α,β-unsaturated/α-hetero) is 1. The molecule has 3 rings (SSSR count). The van der Waals surface area contributed by atoms with E-state index in [1.165, 1.54) is 0 Å². The highest BCUT2D eigenvalue weighted by Gasteiger charge is 2.32. The number of hydrogen-bond acceptors (Lipinski definition) is 4. The van der Waals surface area contributed by atoms with Crippen molar-refractivity contribution in [2.75, 3.05) is 6.54 Å². The van der Waals surface area contributed by atoms with Crippen molar-refractivity contribution in [1.29, 1.82) is 0 Å². The second kappa shape index (κ2) is 5.59. The van der Waals surface area contributed by atoms with E-state index in [1.807, 2.05) is 17.2 Å². The molecule has 0 saturated heterocycles. The summed E-state index contributed by atoms with van der Waals surface area (Å²) in [5, 5.41) is 2.67. The molecule has 1 N–H and O–H groups in total. The van der Waals surface area contributed by atoms with Gasteiger partial charge in [0.1, 0.15) is 5.84 Å². The second-order valence-corrected chi connectivity index (χ2v) is 5.92. The summed E-state index contributed by atoms with van der Waals surface area (Å²) in [6, 6.07) is 0. The van der Waals surface area contributed by atoms with Gasteiger partial charge >= 0.3 is 0 Å². The highest BCUT2D eigenvalue weighted by molar-refractivity contribution is 14.1. The van der Waals surface area contributed by atoms with Crippen LogP contribution in [0.15, 0.2) is 49.8 Å². The Kier molecular flexibility index (Phi) is 3.79. The molecule has 0 bridgehead atoms. The van der Waals surface area contributed by atoms with Crippen LogP contribution < -0.4 is 5.32 Å². The lowest BCUT2D eigenvalue weighted by Gasteiger charge is -2.32. The molecule has 0 aromatic heterocycles. The van der Waals surface area contributed by atoms with Crippen LogP contribution in [0.25, 0.3) is 0 Å². The van der Waals surface area contributed by atoms with Gasteiger partial charge in [0.2, 0.25) is 0 Å². The van der Waals surface area contributed by atoms with Gasteiger partial charge in [0.05, 0.1) is 21.4 Å². The number of allylic oxidation sites excluding steroid dienone is 4. The van der Waals surface area contributed by atoms with Crippen molar-refractivity contribution in [2.24, 2.45) is 4.99 Å². The molecule has 0 aromatic carbocycles. The molecule has 21 heavy (non-hydrogen) atoms. The molecule has 3 aliphatic rings. The van der Waals surface area contributed by atoms with Gasteiger partial charge in [-0.25, -0.2) is 4.99 Å². The smallest absolute Gasteiger partial charge is 0.255 e. The number of halogens is 1. The Morgan fingerprint density at radius 2 is 2.33 bits per heavy atom. The summed E-state index contributed by atoms with van der Waals surface area (Å²) in [4.78, 5) is 30.7. The number of amides is 1. The van der Waals surface area contributed by atoms with Crippen LogP contribution in [0, 0.1) is 6.54 Å². The Balaban J connectivity index is 1.98. The number of nitrogens with zero attached hydrogens (tertiary/aromatic N) is 2. The lowest BCUT2D eigenvalue weighted by atomic mass is 9.97.